The van der Waals surface area contributed by atoms with Gasteiger partial charge in [0, 0.05) is 0 Å². The number of nitrogens with one attached hydrogen (secondary N) is 1. The van der Waals surface area contributed by atoms with Crippen LogP contribution >= 0.6 is 15.9 Å². The number of hydrogen-bond donors (Lipinski definition) is 1. The molecule has 0 saturated carbocycles. The first-order chi connectivity index (χ1) is 7.70. The molecule has 0 amide bonds. The summed E-state index contributed by atoms with van der Waals surface area (Å²) in [7, 11) is 1.41. The molecule has 2 atom stereocenters. The third-order valence-electron chi connectivity index (χ3n) is 2.73. The zero-order valence-electron chi connectivity index (χ0n) is 8.94. The molecule has 1 aliphatic heterocycles. The second-order valence-electron chi connectivity index (χ2n) is 3.76. The molecular weight excluding hydrogens is 272 g/mol. The molecule has 16 heavy (non-hydrogen) atoms. The standard InChI is InChI=1S/C11H13BrN2O2/c1-16-11(15)9-6-5-8(13-9)7-3-2-4-10(12)14-7/h2-4,8-9,13H,5-6H2,1H3/t8-,9+/m1/s1. The van der Waals surface area contributed by atoms with Crippen LogP contribution in [0.15, 0.2) is 22.8 Å². The van der Waals surface area contributed by atoms with E-state index in [0.29, 0.717) is 0 Å². The van der Waals surface area contributed by atoms with E-state index in [1.807, 2.05) is 18.2 Å². The van der Waals surface area contributed by atoms with Crippen molar-refractivity contribution in [2.75, 3.05) is 7.11 Å². The van der Waals surface area contributed by atoms with Crippen LogP contribution in [0.5, 0.6) is 0 Å². The summed E-state index contributed by atoms with van der Waals surface area (Å²) in [5, 5.41) is 3.23. The van der Waals surface area contributed by atoms with E-state index in [0.717, 1.165) is 23.1 Å². The van der Waals surface area contributed by atoms with Gasteiger partial charge in [-0.05, 0) is 40.9 Å². The molecule has 1 aromatic heterocycles. The maximum atomic E-state index is 11.3. The number of hydrogen-bond acceptors (Lipinski definition) is 4. The lowest BCUT2D eigenvalue weighted by molar-refractivity contribution is -0.142. The van der Waals surface area contributed by atoms with Gasteiger partial charge in [-0.2, -0.15) is 0 Å². The minimum atomic E-state index is -0.198. The molecule has 0 unspecified atom stereocenters. The highest BCUT2D eigenvalue weighted by atomic mass is 79.9. The molecule has 0 aliphatic carbocycles. The quantitative estimate of drug-likeness (QED) is 0.665. The molecule has 5 heteroatoms. The SMILES string of the molecule is COC(=O)[C@@H]1CC[C@H](c2cccc(Br)n2)N1. The van der Waals surface area contributed by atoms with Crippen LogP contribution in [0.2, 0.25) is 0 Å². The number of carbonyl (C=O) groups excluding carboxylic acids is 1. The van der Waals surface area contributed by atoms with E-state index in [4.69, 9.17) is 4.74 Å². The monoisotopic (exact) mass is 284 g/mol. The van der Waals surface area contributed by atoms with E-state index in [2.05, 4.69) is 26.2 Å². The van der Waals surface area contributed by atoms with Crippen molar-refractivity contribution in [2.24, 2.45) is 0 Å². The van der Waals surface area contributed by atoms with Crippen LogP contribution in [0.1, 0.15) is 24.6 Å². The second kappa shape index (κ2) is 4.93. The number of ether oxygens (including phenoxy) is 1. The molecule has 1 aromatic rings. The van der Waals surface area contributed by atoms with Gasteiger partial charge in [-0.25, -0.2) is 4.98 Å². The first-order valence-electron chi connectivity index (χ1n) is 5.17. The first-order valence-corrected chi connectivity index (χ1v) is 5.96. The summed E-state index contributed by atoms with van der Waals surface area (Å²) in [6.45, 7) is 0. The van der Waals surface area contributed by atoms with Crippen molar-refractivity contribution in [1.29, 1.82) is 0 Å². The van der Waals surface area contributed by atoms with Crippen LogP contribution in [0.25, 0.3) is 0 Å². The summed E-state index contributed by atoms with van der Waals surface area (Å²) in [6, 6.07) is 5.73. The first kappa shape index (κ1) is 11.5. The maximum Gasteiger partial charge on any atom is 0.322 e. The maximum absolute atomic E-state index is 11.3. The summed E-state index contributed by atoms with van der Waals surface area (Å²) in [4.78, 5) is 15.7. The van der Waals surface area contributed by atoms with Crippen LogP contribution in [0.3, 0.4) is 0 Å². The van der Waals surface area contributed by atoms with Crippen molar-refractivity contribution < 1.29 is 9.53 Å². The Balaban J connectivity index is 2.06. The zero-order valence-corrected chi connectivity index (χ0v) is 10.5. The number of esters is 1. The van der Waals surface area contributed by atoms with Crippen LogP contribution in [0, 0.1) is 0 Å². The van der Waals surface area contributed by atoms with Gasteiger partial charge in [0.2, 0.25) is 0 Å². The lowest BCUT2D eigenvalue weighted by atomic mass is 10.1. The highest BCUT2D eigenvalue weighted by Crippen LogP contribution is 2.26. The number of rotatable bonds is 2. The van der Waals surface area contributed by atoms with Crippen molar-refractivity contribution in [3.8, 4) is 0 Å². The van der Waals surface area contributed by atoms with Crippen molar-refractivity contribution in [2.45, 2.75) is 24.9 Å². The summed E-state index contributed by atoms with van der Waals surface area (Å²) >= 11 is 3.34. The van der Waals surface area contributed by atoms with Crippen molar-refractivity contribution in [1.82, 2.24) is 10.3 Å². The molecule has 2 rings (SSSR count). The van der Waals surface area contributed by atoms with E-state index in [1.165, 1.54) is 7.11 Å². The molecule has 0 aromatic carbocycles. The molecule has 2 heterocycles. The fourth-order valence-corrected chi connectivity index (χ4v) is 2.28. The third kappa shape index (κ3) is 2.41. The minimum absolute atomic E-state index is 0.140. The third-order valence-corrected chi connectivity index (χ3v) is 3.17. The molecule has 1 fully saturated rings. The summed E-state index contributed by atoms with van der Waals surface area (Å²) in [5.41, 5.74) is 0.959. The van der Waals surface area contributed by atoms with E-state index >= 15 is 0 Å². The Morgan fingerprint density at radius 3 is 3.06 bits per heavy atom. The van der Waals surface area contributed by atoms with E-state index in [-0.39, 0.29) is 18.1 Å². The van der Waals surface area contributed by atoms with E-state index < -0.39 is 0 Å². The topological polar surface area (TPSA) is 51.2 Å². The Hall–Kier alpha value is -0.940. The summed E-state index contributed by atoms with van der Waals surface area (Å²) in [5.74, 6) is -0.197. The van der Waals surface area contributed by atoms with Crippen LogP contribution < -0.4 is 5.32 Å². The molecule has 1 N–H and O–H groups in total. The van der Waals surface area contributed by atoms with Crippen LogP contribution in [0.4, 0.5) is 0 Å². The Bertz CT molecular complexity index is 397. The molecule has 86 valence electrons. The fraction of sp³-hybridized carbons (Fsp3) is 0.455. The van der Waals surface area contributed by atoms with E-state index in [9.17, 15) is 4.79 Å². The van der Waals surface area contributed by atoms with Gasteiger partial charge in [-0.15, -0.1) is 0 Å². The molecule has 1 aliphatic rings. The molecule has 4 nitrogen and oxygen atoms in total. The number of methoxy groups -OCH3 is 1. The Kier molecular flexibility index (Phi) is 3.56. The minimum Gasteiger partial charge on any atom is -0.468 e. The van der Waals surface area contributed by atoms with Gasteiger partial charge >= 0.3 is 5.97 Å². The van der Waals surface area contributed by atoms with Gasteiger partial charge in [0.15, 0.2) is 0 Å². The van der Waals surface area contributed by atoms with Crippen molar-refractivity contribution in [3.05, 3.63) is 28.5 Å². The Morgan fingerprint density at radius 2 is 2.38 bits per heavy atom. The van der Waals surface area contributed by atoms with Crippen molar-refractivity contribution in [3.63, 3.8) is 0 Å². The predicted octanol–water partition coefficient (Wildman–Crippen LogP) is 1.81. The van der Waals surface area contributed by atoms with Gasteiger partial charge in [0.05, 0.1) is 18.8 Å². The van der Waals surface area contributed by atoms with Gasteiger partial charge in [0.25, 0.3) is 0 Å². The number of aromatic nitrogens is 1. The van der Waals surface area contributed by atoms with Gasteiger partial charge < -0.3 is 4.74 Å². The smallest absolute Gasteiger partial charge is 0.322 e. The van der Waals surface area contributed by atoms with Gasteiger partial charge in [-0.3, -0.25) is 10.1 Å². The van der Waals surface area contributed by atoms with Gasteiger partial charge in [-0.1, -0.05) is 6.07 Å². The predicted molar refractivity (Wildman–Crippen MR) is 62.9 cm³/mol. The van der Waals surface area contributed by atoms with Gasteiger partial charge in [0.1, 0.15) is 10.6 Å². The normalized spacial score (nSPS) is 24.4. The number of nitrogens with zero attached hydrogens (tertiary/aromatic N) is 1. The van der Waals surface area contributed by atoms with E-state index in [1.54, 1.807) is 0 Å². The second-order valence-corrected chi connectivity index (χ2v) is 4.57. The average Bonchev–Trinajstić information content (AvgIpc) is 2.77. The lowest BCUT2D eigenvalue weighted by Crippen LogP contribution is -2.33. The number of pyridine rings is 1. The molecular formula is C11H13BrN2O2. The summed E-state index contributed by atoms with van der Waals surface area (Å²) in [6.07, 6.45) is 1.70. The highest BCUT2D eigenvalue weighted by molar-refractivity contribution is 9.10. The molecule has 0 radical (unpaired) electrons. The molecule has 1 saturated heterocycles. The lowest BCUT2D eigenvalue weighted by Gasteiger charge is -2.12. The molecule has 0 bridgehead atoms. The van der Waals surface area contributed by atoms with Crippen LogP contribution in [-0.4, -0.2) is 24.1 Å². The van der Waals surface area contributed by atoms with Crippen molar-refractivity contribution >= 4 is 21.9 Å². The summed E-state index contributed by atoms with van der Waals surface area (Å²) < 4.78 is 5.52. The van der Waals surface area contributed by atoms with Crippen LogP contribution in [-0.2, 0) is 9.53 Å². The Morgan fingerprint density at radius 1 is 1.56 bits per heavy atom. The molecule has 0 spiro atoms. The fourth-order valence-electron chi connectivity index (χ4n) is 1.92. The zero-order chi connectivity index (χ0) is 11.5. The Labute approximate surface area is 103 Å². The highest BCUT2D eigenvalue weighted by Gasteiger charge is 2.31. The largest absolute Gasteiger partial charge is 0.468 e. The number of halogens is 1. The number of carbonyl (C=O) groups is 1. The average molecular weight is 285 g/mol.